The second-order valence-electron chi connectivity index (χ2n) is 6.63. The van der Waals surface area contributed by atoms with Gasteiger partial charge < -0.3 is 20.7 Å². The molecule has 0 aromatic heterocycles. The fourth-order valence-corrected chi connectivity index (χ4v) is 2.74. The first-order chi connectivity index (χ1) is 12.1. The highest BCUT2D eigenvalue weighted by Gasteiger charge is 2.29. The Morgan fingerprint density at radius 2 is 1.96 bits per heavy atom. The van der Waals surface area contributed by atoms with E-state index in [1.165, 1.54) is 0 Å². The summed E-state index contributed by atoms with van der Waals surface area (Å²) in [5.41, 5.74) is 2.37. The van der Waals surface area contributed by atoms with Gasteiger partial charge in [0.05, 0.1) is 13.2 Å². The number of hydrogen-bond acceptors (Lipinski definition) is 4. The summed E-state index contributed by atoms with van der Waals surface area (Å²) in [5, 5.41) is 8.64. The standard InChI is InChI=1S/C18H26N4O3/c1-13-2-5-15(20-17(23)14-3-4-14)12-16(13)21-18(24)19-6-7-22-8-10-25-11-9-22/h2,5,12,14H,3-4,6-11H2,1H3,(H,20,23)(H2,19,21,24). The highest BCUT2D eigenvalue weighted by Crippen LogP contribution is 2.30. The van der Waals surface area contributed by atoms with E-state index < -0.39 is 0 Å². The van der Waals surface area contributed by atoms with Crippen LogP contribution in [-0.2, 0) is 9.53 Å². The number of carbonyl (C=O) groups excluding carboxylic acids is 2. The monoisotopic (exact) mass is 346 g/mol. The van der Waals surface area contributed by atoms with Crippen LogP contribution in [0, 0.1) is 12.8 Å². The molecule has 1 saturated carbocycles. The summed E-state index contributed by atoms with van der Waals surface area (Å²) in [6, 6.07) is 5.32. The quantitative estimate of drug-likeness (QED) is 0.733. The van der Waals surface area contributed by atoms with Gasteiger partial charge in [0.15, 0.2) is 0 Å². The molecule has 0 spiro atoms. The van der Waals surface area contributed by atoms with Gasteiger partial charge in [-0.1, -0.05) is 6.07 Å². The zero-order valence-corrected chi connectivity index (χ0v) is 14.6. The first-order valence-electron chi connectivity index (χ1n) is 8.88. The van der Waals surface area contributed by atoms with Gasteiger partial charge in [-0.25, -0.2) is 4.79 Å². The van der Waals surface area contributed by atoms with Crippen LogP contribution in [0.3, 0.4) is 0 Å². The fraction of sp³-hybridized carbons (Fsp3) is 0.556. The smallest absolute Gasteiger partial charge is 0.319 e. The number of rotatable bonds is 6. The van der Waals surface area contributed by atoms with Crippen LogP contribution in [0.5, 0.6) is 0 Å². The number of nitrogens with zero attached hydrogens (tertiary/aromatic N) is 1. The number of urea groups is 1. The van der Waals surface area contributed by atoms with E-state index in [1.807, 2.05) is 19.1 Å². The maximum absolute atomic E-state index is 12.1. The van der Waals surface area contributed by atoms with Crippen LogP contribution in [0.4, 0.5) is 16.2 Å². The van der Waals surface area contributed by atoms with Crippen LogP contribution in [0.15, 0.2) is 18.2 Å². The molecule has 1 aromatic rings. The molecule has 0 radical (unpaired) electrons. The van der Waals surface area contributed by atoms with E-state index >= 15 is 0 Å². The van der Waals surface area contributed by atoms with Crippen molar-refractivity contribution in [2.24, 2.45) is 5.92 Å². The van der Waals surface area contributed by atoms with Gasteiger partial charge in [0, 0.05) is 43.5 Å². The molecule has 1 saturated heterocycles. The molecule has 1 aliphatic carbocycles. The molecule has 0 atom stereocenters. The van der Waals surface area contributed by atoms with E-state index in [9.17, 15) is 9.59 Å². The normalized spacial score (nSPS) is 17.8. The maximum atomic E-state index is 12.1. The molecule has 136 valence electrons. The van der Waals surface area contributed by atoms with Crippen molar-refractivity contribution in [2.45, 2.75) is 19.8 Å². The molecule has 2 fully saturated rings. The topological polar surface area (TPSA) is 82.7 Å². The Bertz CT molecular complexity index is 625. The Balaban J connectivity index is 1.46. The van der Waals surface area contributed by atoms with Crippen molar-refractivity contribution in [1.29, 1.82) is 0 Å². The van der Waals surface area contributed by atoms with Crippen molar-refractivity contribution >= 4 is 23.3 Å². The summed E-state index contributed by atoms with van der Waals surface area (Å²) in [5.74, 6) is 0.214. The number of morpholine rings is 1. The minimum Gasteiger partial charge on any atom is -0.379 e. The summed E-state index contributed by atoms with van der Waals surface area (Å²) in [6.45, 7) is 6.65. The zero-order valence-electron chi connectivity index (χ0n) is 14.6. The van der Waals surface area contributed by atoms with Crippen molar-refractivity contribution < 1.29 is 14.3 Å². The molecule has 2 aliphatic rings. The Kier molecular flexibility index (Phi) is 5.88. The van der Waals surface area contributed by atoms with Crippen LogP contribution in [-0.4, -0.2) is 56.2 Å². The Labute approximate surface area is 148 Å². The molecule has 7 heteroatoms. The SMILES string of the molecule is Cc1ccc(NC(=O)C2CC2)cc1NC(=O)NCCN1CCOCC1. The summed E-state index contributed by atoms with van der Waals surface area (Å²) >= 11 is 0. The molecule has 1 heterocycles. The predicted octanol–water partition coefficient (Wildman–Crippen LogP) is 1.80. The molecule has 7 nitrogen and oxygen atoms in total. The van der Waals surface area contributed by atoms with Crippen molar-refractivity contribution in [3.8, 4) is 0 Å². The minimum absolute atomic E-state index is 0.0600. The third kappa shape index (κ3) is 5.44. The van der Waals surface area contributed by atoms with Gasteiger partial charge in [-0.15, -0.1) is 0 Å². The average Bonchev–Trinajstić information content (AvgIpc) is 3.44. The summed E-state index contributed by atoms with van der Waals surface area (Å²) < 4.78 is 5.31. The summed E-state index contributed by atoms with van der Waals surface area (Å²) in [7, 11) is 0. The van der Waals surface area contributed by atoms with Crippen molar-refractivity contribution in [2.75, 3.05) is 50.0 Å². The number of carbonyl (C=O) groups is 2. The first kappa shape index (κ1) is 17.7. The number of anilines is 2. The molecular weight excluding hydrogens is 320 g/mol. The van der Waals surface area contributed by atoms with E-state index in [2.05, 4.69) is 20.9 Å². The molecule has 3 amide bonds. The van der Waals surface area contributed by atoms with Gasteiger partial charge in [0.1, 0.15) is 0 Å². The number of nitrogens with one attached hydrogen (secondary N) is 3. The maximum Gasteiger partial charge on any atom is 0.319 e. The number of hydrogen-bond donors (Lipinski definition) is 3. The first-order valence-corrected chi connectivity index (χ1v) is 8.88. The molecule has 0 bridgehead atoms. The van der Waals surface area contributed by atoms with Crippen molar-refractivity contribution in [1.82, 2.24) is 10.2 Å². The van der Waals surface area contributed by atoms with Gasteiger partial charge in [-0.3, -0.25) is 9.69 Å². The Morgan fingerprint density at radius 1 is 1.20 bits per heavy atom. The van der Waals surface area contributed by atoms with E-state index in [4.69, 9.17) is 4.74 Å². The van der Waals surface area contributed by atoms with Crippen molar-refractivity contribution in [3.63, 3.8) is 0 Å². The highest BCUT2D eigenvalue weighted by molar-refractivity contribution is 5.96. The lowest BCUT2D eigenvalue weighted by Gasteiger charge is -2.26. The van der Waals surface area contributed by atoms with Gasteiger partial charge in [-0.2, -0.15) is 0 Å². The molecular formula is C18H26N4O3. The van der Waals surface area contributed by atoms with Crippen LogP contribution >= 0.6 is 0 Å². The Hall–Kier alpha value is -2.12. The molecule has 0 unspecified atom stereocenters. The average molecular weight is 346 g/mol. The van der Waals surface area contributed by atoms with E-state index in [0.717, 1.165) is 51.3 Å². The van der Waals surface area contributed by atoms with Gasteiger partial charge in [-0.05, 0) is 37.5 Å². The lowest BCUT2D eigenvalue weighted by atomic mass is 10.1. The number of aryl methyl sites for hydroxylation is 1. The fourth-order valence-electron chi connectivity index (χ4n) is 2.74. The number of ether oxygens (including phenoxy) is 1. The second kappa shape index (κ2) is 8.31. The number of benzene rings is 1. The lowest BCUT2D eigenvalue weighted by Crippen LogP contribution is -2.42. The van der Waals surface area contributed by atoms with Gasteiger partial charge in [0.25, 0.3) is 0 Å². The van der Waals surface area contributed by atoms with Crippen LogP contribution in [0.2, 0.25) is 0 Å². The third-order valence-corrected chi connectivity index (χ3v) is 4.52. The second-order valence-corrected chi connectivity index (χ2v) is 6.63. The molecule has 25 heavy (non-hydrogen) atoms. The number of amides is 3. The largest absolute Gasteiger partial charge is 0.379 e. The van der Waals surface area contributed by atoms with Crippen molar-refractivity contribution in [3.05, 3.63) is 23.8 Å². The van der Waals surface area contributed by atoms with Crippen LogP contribution < -0.4 is 16.0 Å². The van der Waals surface area contributed by atoms with E-state index in [0.29, 0.717) is 17.9 Å². The van der Waals surface area contributed by atoms with Crippen LogP contribution in [0.1, 0.15) is 18.4 Å². The van der Waals surface area contributed by atoms with Gasteiger partial charge >= 0.3 is 6.03 Å². The van der Waals surface area contributed by atoms with Crippen LogP contribution in [0.25, 0.3) is 0 Å². The molecule has 1 aliphatic heterocycles. The summed E-state index contributed by atoms with van der Waals surface area (Å²) in [4.78, 5) is 26.2. The highest BCUT2D eigenvalue weighted by atomic mass is 16.5. The predicted molar refractivity (Wildman–Crippen MR) is 96.8 cm³/mol. The molecule has 1 aromatic carbocycles. The molecule has 3 N–H and O–H groups in total. The van der Waals surface area contributed by atoms with E-state index in [-0.39, 0.29) is 17.9 Å². The molecule has 3 rings (SSSR count). The van der Waals surface area contributed by atoms with E-state index in [1.54, 1.807) is 6.07 Å². The third-order valence-electron chi connectivity index (χ3n) is 4.52. The van der Waals surface area contributed by atoms with Gasteiger partial charge in [0.2, 0.25) is 5.91 Å². The summed E-state index contributed by atoms with van der Waals surface area (Å²) in [6.07, 6.45) is 1.93. The lowest BCUT2D eigenvalue weighted by molar-refractivity contribution is -0.117. The zero-order chi connectivity index (χ0) is 17.6. The minimum atomic E-state index is -0.234. The Morgan fingerprint density at radius 3 is 2.68 bits per heavy atom.